The second-order valence-corrected chi connectivity index (χ2v) is 4.76. The molecule has 0 saturated carbocycles. The molecule has 1 aromatic rings. The van der Waals surface area contributed by atoms with Gasteiger partial charge in [-0.3, -0.25) is 9.78 Å². The Labute approximate surface area is 118 Å². The molecule has 20 heavy (non-hydrogen) atoms. The first-order valence-electron chi connectivity index (χ1n) is 6.66. The highest BCUT2D eigenvalue weighted by molar-refractivity contribution is 5.73. The lowest BCUT2D eigenvalue weighted by Crippen LogP contribution is -2.36. The van der Waals surface area contributed by atoms with Crippen molar-refractivity contribution in [2.45, 2.75) is 33.2 Å². The summed E-state index contributed by atoms with van der Waals surface area (Å²) in [6.45, 7) is 4.39. The molecule has 1 aromatic heterocycles. The number of nitrogens with one attached hydrogen (secondary N) is 2. The Morgan fingerprint density at radius 1 is 1.35 bits per heavy atom. The van der Waals surface area contributed by atoms with Gasteiger partial charge in [-0.2, -0.15) is 0 Å². The number of aryl methyl sites for hydroxylation is 1. The molecule has 0 aromatic carbocycles. The van der Waals surface area contributed by atoms with Crippen molar-refractivity contribution >= 4 is 12.0 Å². The van der Waals surface area contributed by atoms with Crippen molar-refractivity contribution in [2.24, 2.45) is 5.92 Å². The van der Waals surface area contributed by atoms with E-state index in [1.54, 1.807) is 6.92 Å². The smallest absolute Gasteiger partial charge is 0.315 e. The zero-order valence-electron chi connectivity index (χ0n) is 11.8. The molecule has 0 aliphatic rings. The third kappa shape index (κ3) is 6.17. The molecule has 0 fully saturated rings. The fourth-order valence-corrected chi connectivity index (χ4v) is 1.66. The molecule has 2 amide bonds. The van der Waals surface area contributed by atoms with Gasteiger partial charge in [0.05, 0.1) is 18.2 Å². The Bertz CT molecular complexity index is 463. The molecule has 3 N–H and O–H groups in total. The van der Waals surface area contributed by atoms with Crippen molar-refractivity contribution in [2.75, 3.05) is 6.54 Å². The number of carbonyl (C=O) groups is 2. The highest BCUT2D eigenvalue weighted by Gasteiger charge is 2.10. The maximum absolute atomic E-state index is 11.5. The molecular weight excluding hydrogens is 258 g/mol. The number of hydrogen-bond donors (Lipinski definition) is 3. The summed E-state index contributed by atoms with van der Waals surface area (Å²) in [6, 6.07) is 5.37. The van der Waals surface area contributed by atoms with Crippen molar-refractivity contribution in [1.82, 2.24) is 15.6 Å². The van der Waals surface area contributed by atoms with Gasteiger partial charge >= 0.3 is 12.0 Å². The van der Waals surface area contributed by atoms with Crippen molar-refractivity contribution in [3.05, 3.63) is 29.6 Å². The van der Waals surface area contributed by atoms with E-state index < -0.39 is 5.97 Å². The first-order valence-corrected chi connectivity index (χ1v) is 6.66. The molecule has 1 heterocycles. The summed E-state index contributed by atoms with van der Waals surface area (Å²) >= 11 is 0. The summed E-state index contributed by atoms with van der Waals surface area (Å²) in [4.78, 5) is 26.4. The lowest BCUT2D eigenvalue weighted by molar-refractivity contribution is -0.141. The first kappa shape index (κ1) is 15.9. The van der Waals surface area contributed by atoms with Crippen molar-refractivity contribution in [1.29, 1.82) is 0 Å². The number of aliphatic carboxylic acids is 1. The first-order chi connectivity index (χ1) is 9.49. The fourth-order valence-electron chi connectivity index (χ4n) is 1.66. The lowest BCUT2D eigenvalue weighted by Gasteiger charge is -2.09. The Hall–Kier alpha value is -2.11. The van der Waals surface area contributed by atoms with Crippen molar-refractivity contribution in [3.63, 3.8) is 0 Å². The van der Waals surface area contributed by atoms with Crippen molar-refractivity contribution in [3.8, 4) is 0 Å². The topological polar surface area (TPSA) is 91.3 Å². The summed E-state index contributed by atoms with van der Waals surface area (Å²) in [6.07, 6.45) is 1.19. The van der Waals surface area contributed by atoms with Gasteiger partial charge in [-0.25, -0.2) is 4.79 Å². The summed E-state index contributed by atoms with van der Waals surface area (Å²) in [5.74, 6) is -1.18. The maximum Gasteiger partial charge on any atom is 0.315 e. The largest absolute Gasteiger partial charge is 0.481 e. The van der Waals surface area contributed by atoms with Crippen LogP contribution in [0.1, 0.15) is 31.2 Å². The van der Waals surface area contributed by atoms with Crippen LogP contribution in [0.2, 0.25) is 0 Å². The number of hydrogen-bond acceptors (Lipinski definition) is 3. The second kappa shape index (κ2) is 8.14. The van der Waals surface area contributed by atoms with Crippen LogP contribution in [0.15, 0.2) is 18.2 Å². The number of pyridine rings is 1. The monoisotopic (exact) mass is 279 g/mol. The molecule has 0 bridgehead atoms. The van der Waals surface area contributed by atoms with Gasteiger partial charge in [0.15, 0.2) is 0 Å². The van der Waals surface area contributed by atoms with Crippen LogP contribution in [0, 0.1) is 12.8 Å². The predicted molar refractivity (Wildman–Crippen MR) is 75.2 cm³/mol. The van der Waals surface area contributed by atoms with Crippen LogP contribution in [0.4, 0.5) is 4.79 Å². The van der Waals surface area contributed by atoms with E-state index in [2.05, 4.69) is 15.6 Å². The van der Waals surface area contributed by atoms with Gasteiger partial charge in [-0.15, -0.1) is 0 Å². The van der Waals surface area contributed by atoms with E-state index in [4.69, 9.17) is 5.11 Å². The third-order valence-electron chi connectivity index (χ3n) is 2.90. The van der Waals surface area contributed by atoms with E-state index >= 15 is 0 Å². The SMILES string of the molecule is Cc1cccc(CNC(=O)NCCCC(C)C(=O)O)n1. The second-order valence-electron chi connectivity index (χ2n) is 4.76. The van der Waals surface area contributed by atoms with E-state index in [0.29, 0.717) is 25.9 Å². The van der Waals surface area contributed by atoms with Crippen LogP contribution in [-0.2, 0) is 11.3 Å². The summed E-state index contributed by atoms with van der Waals surface area (Å²) in [5.41, 5.74) is 1.71. The molecule has 0 aliphatic heterocycles. The van der Waals surface area contributed by atoms with Crippen LogP contribution < -0.4 is 10.6 Å². The van der Waals surface area contributed by atoms with Gasteiger partial charge in [-0.05, 0) is 31.9 Å². The molecule has 1 unspecified atom stereocenters. The Morgan fingerprint density at radius 2 is 2.10 bits per heavy atom. The molecule has 1 rings (SSSR count). The maximum atomic E-state index is 11.5. The fraction of sp³-hybridized carbons (Fsp3) is 0.500. The zero-order valence-corrected chi connectivity index (χ0v) is 11.8. The van der Waals surface area contributed by atoms with E-state index in [1.165, 1.54) is 0 Å². The van der Waals surface area contributed by atoms with Gasteiger partial charge < -0.3 is 15.7 Å². The van der Waals surface area contributed by atoms with Gasteiger partial charge in [-0.1, -0.05) is 13.0 Å². The van der Waals surface area contributed by atoms with Gasteiger partial charge in [0, 0.05) is 12.2 Å². The molecule has 0 radical (unpaired) electrons. The van der Waals surface area contributed by atoms with Crippen LogP contribution in [-0.4, -0.2) is 28.6 Å². The van der Waals surface area contributed by atoms with Gasteiger partial charge in [0.1, 0.15) is 0 Å². The van der Waals surface area contributed by atoms with Crippen LogP contribution in [0.25, 0.3) is 0 Å². The number of urea groups is 1. The third-order valence-corrected chi connectivity index (χ3v) is 2.90. The highest BCUT2D eigenvalue weighted by Crippen LogP contribution is 2.04. The Kier molecular flexibility index (Phi) is 6.49. The van der Waals surface area contributed by atoms with Crippen LogP contribution in [0.5, 0.6) is 0 Å². The summed E-state index contributed by atoms with van der Waals surface area (Å²) in [7, 11) is 0. The molecule has 0 aliphatic carbocycles. The zero-order chi connectivity index (χ0) is 15.0. The minimum Gasteiger partial charge on any atom is -0.481 e. The van der Waals surface area contributed by atoms with Crippen molar-refractivity contribution < 1.29 is 14.7 Å². The lowest BCUT2D eigenvalue weighted by atomic mass is 10.1. The normalized spacial score (nSPS) is 11.7. The molecule has 110 valence electrons. The average Bonchev–Trinajstić information content (AvgIpc) is 2.41. The Morgan fingerprint density at radius 3 is 2.75 bits per heavy atom. The minimum atomic E-state index is -0.806. The molecule has 0 saturated heterocycles. The van der Waals surface area contributed by atoms with E-state index in [0.717, 1.165) is 11.4 Å². The predicted octanol–water partition coefficient (Wildman–Crippen LogP) is 1.69. The highest BCUT2D eigenvalue weighted by atomic mass is 16.4. The van der Waals surface area contributed by atoms with E-state index in [-0.39, 0.29) is 11.9 Å². The van der Waals surface area contributed by atoms with Crippen LogP contribution in [0.3, 0.4) is 0 Å². The molecule has 0 spiro atoms. The number of aromatic nitrogens is 1. The van der Waals surface area contributed by atoms with E-state index in [1.807, 2.05) is 25.1 Å². The number of nitrogens with zero attached hydrogens (tertiary/aromatic N) is 1. The summed E-state index contributed by atoms with van der Waals surface area (Å²) < 4.78 is 0. The number of carbonyl (C=O) groups excluding carboxylic acids is 1. The number of rotatable bonds is 7. The molecule has 1 atom stereocenters. The molecule has 6 heteroatoms. The number of amides is 2. The summed E-state index contributed by atoms with van der Waals surface area (Å²) in [5, 5.41) is 14.1. The van der Waals surface area contributed by atoms with Gasteiger partial charge in [0.2, 0.25) is 0 Å². The average molecular weight is 279 g/mol. The Balaban J connectivity index is 2.16. The molecule has 6 nitrogen and oxygen atoms in total. The van der Waals surface area contributed by atoms with Gasteiger partial charge in [0.25, 0.3) is 0 Å². The number of carboxylic acid groups (broad SMARTS) is 1. The van der Waals surface area contributed by atoms with Crippen LogP contribution >= 0.6 is 0 Å². The minimum absolute atomic E-state index is 0.267. The quantitative estimate of drug-likeness (QED) is 0.662. The van der Waals surface area contributed by atoms with E-state index in [9.17, 15) is 9.59 Å². The standard InChI is InChI=1S/C14H21N3O3/c1-10(13(18)19)5-4-8-15-14(20)16-9-12-7-3-6-11(2)17-12/h3,6-7,10H,4-5,8-9H2,1-2H3,(H,18,19)(H2,15,16,20). The molecular formula is C14H21N3O3. The number of carboxylic acids is 1.